The molecule has 2 N–H and O–H groups in total. The first-order valence-electron chi connectivity index (χ1n) is 8.50. The number of nitrogens with zero attached hydrogens (tertiary/aromatic N) is 2. The van der Waals surface area contributed by atoms with E-state index in [1.807, 2.05) is 32.0 Å². The fraction of sp³-hybridized carbons (Fsp3) is 0.556. The zero-order valence-electron chi connectivity index (χ0n) is 14.4. The van der Waals surface area contributed by atoms with Gasteiger partial charge in [0.15, 0.2) is 0 Å². The highest BCUT2D eigenvalue weighted by molar-refractivity contribution is 5.82. The number of carboxylic acid groups (broad SMARTS) is 1. The van der Waals surface area contributed by atoms with Crippen molar-refractivity contribution in [2.75, 3.05) is 26.2 Å². The molecule has 1 aromatic rings. The number of rotatable bonds is 6. The average molecular weight is 333 g/mol. The van der Waals surface area contributed by atoms with Gasteiger partial charge in [-0.05, 0) is 17.9 Å². The molecule has 0 aromatic heterocycles. The van der Waals surface area contributed by atoms with E-state index >= 15 is 0 Å². The fourth-order valence-electron chi connectivity index (χ4n) is 2.88. The molecule has 2 rings (SSSR count). The van der Waals surface area contributed by atoms with E-state index in [1.54, 1.807) is 4.90 Å². The highest BCUT2D eigenvalue weighted by Crippen LogP contribution is 2.10. The van der Waals surface area contributed by atoms with E-state index in [9.17, 15) is 14.7 Å². The Labute approximate surface area is 143 Å². The van der Waals surface area contributed by atoms with Gasteiger partial charge in [-0.3, -0.25) is 4.90 Å². The van der Waals surface area contributed by atoms with Gasteiger partial charge in [-0.15, -0.1) is 0 Å². The first kappa shape index (κ1) is 18.3. The van der Waals surface area contributed by atoms with Crippen LogP contribution in [0.5, 0.6) is 0 Å². The summed E-state index contributed by atoms with van der Waals surface area (Å²) in [5.41, 5.74) is 1.26. The quantitative estimate of drug-likeness (QED) is 0.835. The van der Waals surface area contributed by atoms with Crippen molar-refractivity contribution in [1.82, 2.24) is 15.1 Å². The zero-order valence-corrected chi connectivity index (χ0v) is 14.4. The maximum atomic E-state index is 12.3. The summed E-state index contributed by atoms with van der Waals surface area (Å²) in [6, 6.07) is 9.16. The monoisotopic (exact) mass is 333 g/mol. The van der Waals surface area contributed by atoms with E-state index in [-0.39, 0.29) is 11.9 Å². The van der Waals surface area contributed by atoms with Gasteiger partial charge < -0.3 is 15.3 Å². The molecular formula is C18H27N3O3. The van der Waals surface area contributed by atoms with Gasteiger partial charge >= 0.3 is 12.0 Å². The number of carbonyl (C=O) groups excluding carboxylic acids is 1. The van der Waals surface area contributed by atoms with Crippen LogP contribution in [0.3, 0.4) is 0 Å². The largest absolute Gasteiger partial charge is 0.480 e. The summed E-state index contributed by atoms with van der Waals surface area (Å²) >= 11 is 0. The van der Waals surface area contributed by atoms with Crippen molar-refractivity contribution in [3.05, 3.63) is 35.9 Å². The first-order chi connectivity index (χ1) is 11.5. The Morgan fingerprint density at radius 2 is 1.75 bits per heavy atom. The molecule has 1 saturated heterocycles. The molecule has 0 bridgehead atoms. The lowest BCUT2D eigenvalue weighted by Gasteiger charge is -2.35. The Morgan fingerprint density at radius 3 is 2.29 bits per heavy atom. The molecule has 0 saturated carbocycles. The van der Waals surface area contributed by atoms with Gasteiger partial charge in [0.2, 0.25) is 0 Å². The van der Waals surface area contributed by atoms with Gasteiger partial charge in [0.05, 0.1) is 0 Å². The van der Waals surface area contributed by atoms with Gasteiger partial charge in [-0.25, -0.2) is 9.59 Å². The fourth-order valence-corrected chi connectivity index (χ4v) is 2.88. The van der Waals surface area contributed by atoms with E-state index in [4.69, 9.17) is 0 Å². The third kappa shape index (κ3) is 5.53. The molecule has 1 aliphatic rings. The van der Waals surface area contributed by atoms with Crippen LogP contribution in [-0.4, -0.2) is 59.1 Å². The van der Waals surface area contributed by atoms with Crippen LogP contribution in [0.2, 0.25) is 0 Å². The summed E-state index contributed by atoms with van der Waals surface area (Å²) in [5.74, 6) is -0.756. The smallest absolute Gasteiger partial charge is 0.326 e. The molecule has 1 fully saturated rings. The third-order valence-electron chi connectivity index (χ3n) is 4.21. The summed E-state index contributed by atoms with van der Waals surface area (Å²) < 4.78 is 0. The number of carbonyl (C=O) groups is 2. The summed E-state index contributed by atoms with van der Waals surface area (Å²) in [6.45, 7) is 7.60. The zero-order chi connectivity index (χ0) is 17.5. The number of carboxylic acids is 1. The van der Waals surface area contributed by atoms with Crippen molar-refractivity contribution in [2.45, 2.75) is 32.9 Å². The second kappa shape index (κ2) is 8.68. The van der Waals surface area contributed by atoms with E-state index in [0.29, 0.717) is 19.5 Å². The van der Waals surface area contributed by atoms with Crippen LogP contribution >= 0.6 is 0 Å². The molecule has 6 nitrogen and oxygen atoms in total. The molecule has 1 heterocycles. The molecule has 132 valence electrons. The van der Waals surface area contributed by atoms with E-state index in [2.05, 4.69) is 22.3 Å². The van der Waals surface area contributed by atoms with Gasteiger partial charge in [0.25, 0.3) is 0 Å². The molecular weight excluding hydrogens is 306 g/mol. The van der Waals surface area contributed by atoms with Gasteiger partial charge in [-0.2, -0.15) is 0 Å². The number of piperazine rings is 1. The van der Waals surface area contributed by atoms with Crippen LogP contribution < -0.4 is 5.32 Å². The Hall–Kier alpha value is -2.08. The van der Waals surface area contributed by atoms with Crippen LogP contribution in [0.25, 0.3) is 0 Å². The topological polar surface area (TPSA) is 72.9 Å². The van der Waals surface area contributed by atoms with Crippen LogP contribution in [0.15, 0.2) is 30.3 Å². The Morgan fingerprint density at radius 1 is 1.12 bits per heavy atom. The number of aliphatic carboxylic acids is 1. The van der Waals surface area contributed by atoms with Crippen LogP contribution in [0.4, 0.5) is 4.79 Å². The van der Waals surface area contributed by atoms with E-state index in [0.717, 1.165) is 19.6 Å². The van der Waals surface area contributed by atoms with Gasteiger partial charge in [0, 0.05) is 32.7 Å². The number of hydrogen-bond donors (Lipinski definition) is 2. The second-order valence-electron chi connectivity index (χ2n) is 6.72. The van der Waals surface area contributed by atoms with Crippen molar-refractivity contribution < 1.29 is 14.7 Å². The number of nitrogens with one attached hydrogen (secondary N) is 1. The van der Waals surface area contributed by atoms with Crippen LogP contribution in [0, 0.1) is 5.92 Å². The van der Waals surface area contributed by atoms with Crippen LogP contribution in [0.1, 0.15) is 25.8 Å². The molecule has 0 radical (unpaired) electrons. The number of hydrogen-bond acceptors (Lipinski definition) is 3. The normalized spacial score (nSPS) is 16.9. The molecule has 6 heteroatoms. The summed E-state index contributed by atoms with van der Waals surface area (Å²) in [5, 5.41) is 11.9. The molecule has 2 amide bonds. The maximum Gasteiger partial charge on any atom is 0.326 e. The first-order valence-corrected chi connectivity index (χ1v) is 8.50. The molecule has 1 aliphatic heterocycles. The number of amides is 2. The Bertz CT molecular complexity index is 540. The van der Waals surface area contributed by atoms with Crippen molar-refractivity contribution >= 4 is 12.0 Å². The van der Waals surface area contributed by atoms with Crippen molar-refractivity contribution in [2.24, 2.45) is 5.92 Å². The van der Waals surface area contributed by atoms with Crippen molar-refractivity contribution in [1.29, 1.82) is 0 Å². The van der Waals surface area contributed by atoms with Gasteiger partial charge in [0.1, 0.15) is 6.04 Å². The third-order valence-corrected chi connectivity index (χ3v) is 4.21. The summed E-state index contributed by atoms with van der Waals surface area (Å²) in [7, 11) is 0. The molecule has 0 aliphatic carbocycles. The molecule has 1 atom stereocenters. The Kier molecular flexibility index (Phi) is 6.61. The number of urea groups is 1. The minimum Gasteiger partial charge on any atom is -0.480 e. The highest BCUT2D eigenvalue weighted by Gasteiger charge is 2.26. The predicted molar refractivity (Wildman–Crippen MR) is 92.7 cm³/mol. The summed E-state index contributed by atoms with van der Waals surface area (Å²) in [6.07, 6.45) is 0.440. The van der Waals surface area contributed by atoms with Crippen molar-refractivity contribution in [3.8, 4) is 0 Å². The molecule has 1 unspecified atom stereocenters. The van der Waals surface area contributed by atoms with Crippen LogP contribution in [-0.2, 0) is 11.3 Å². The number of benzene rings is 1. The standard InChI is InChI=1S/C18H27N3O3/c1-14(2)12-16(17(22)23)19-18(24)21-10-8-20(9-11-21)13-15-6-4-3-5-7-15/h3-7,14,16H,8-13H2,1-2H3,(H,19,24)(H,22,23). The summed E-state index contributed by atoms with van der Waals surface area (Å²) in [4.78, 5) is 27.6. The lowest BCUT2D eigenvalue weighted by molar-refractivity contribution is -0.139. The Balaban J connectivity index is 1.80. The lowest BCUT2D eigenvalue weighted by Crippen LogP contribution is -2.54. The van der Waals surface area contributed by atoms with Crippen molar-refractivity contribution in [3.63, 3.8) is 0 Å². The highest BCUT2D eigenvalue weighted by atomic mass is 16.4. The predicted octanol–water partition coefficient (Wildman–Crippen LogP) is 2.01. The average Bonchev–Trinajstić information content (AvgIpc) is 2.55. The van der Waals surface area contributed by atoms with E-state index in [1.165, 1.54) is 5.56 Å². The minimum atomic E-state index is -0.972. The molecule has 0 spiro atoms. The molecule has 1 aromatic carbocycles. The van der Waals surface area contributed by atoms with E-state index < -0.39 is 12.0 Å². The minimum absolute atomic E-state index is 0.217. The van der Waals surface area contributed by atoms with Gasteiger partial charge in [-0.1, -0.05) is 44.2 Å². The SMILES string of the molecule is CC(C)CC(NC(=O)N1CCN(Cc2ccccc2)CC1)C(=O)O. The second-order valence-corrected chi connectivity index (χ2v) is 6.72. The molecule has 24 heavy (non-hydrogen) atoms. The maximum absolute atomic E-state index is 12.3. The lowest BCUT2D eigenvalue weighted by atomic mass is 10.0.